The molecule has 3 heteroatoms. The maximum Gasteiger partial charge on any atom is 0.0537 e. The quantitative estimate of drug-likeness (QED) is 0.800. The maximum absolute atomic E-state index is 4.22. The molecule has 0 aromatic carbocycles. The number of nitrogens with zero attached hydrogens (tertiary/aromatic N) is 2. The van der Waals surface area contributed by atoms with Crippen LogP contribution in [0.3, 0.4) is 0 Å². The zero-order chi connectivity index (χ0) is 11.5. The van der Waals surface area contributed by atoms with Gasteiger partial charge in [0, 0.05) is 30.9 Å². The summed E-state index contributed by atoms with van der Waals surface area (Å²) in [5.41, 5.74) is 1.29. The van der Waals surface area contributed by atoms with Gasteiger partial charge in [-0.25, -0.2) is 0 Å². The zero-order valence-electron chi connectivity index (χ0n) is 10.6. The molecule has 1 N–H and O–H groups in total. The van der Waals surface area contributed by atoms with Crippen LogP contribution >= 0.6 is 0 Å². The second-order valence-electron chi connectivity index (χ2n) is 5.12. The van der Waals surface area contributed by atoms with E-state index in [0.717, 1.165) is 5.92 Å². The average Bonchev–Trinajstić information content (AvgIpc) is 2.97. The zero-order valence-corrected chi connectivity index (χ0v) is 10.6. The Morgan fingerprint density at radius 1 is 1.56 bits per heavy atom. The summed E-state index contributed by atoms with van der Waals surface area (Å²) in [4.78, 5) is 0. The van der Waals surface area contributed by atoms with Crippen molar-refractivity contribution in [2.45, 2.75) is 51.6 Å². The monoisotopic (exact) mass is 221 g/mol. The number of hydrogen-bond donors (Lipinski definition) is 1. The van der Waals surface area contributed by atoms with E-state index < -0.39 is 0 Å². The fraction of sp³-hybridized carbons (Fsp3) is 0.769. The molecule has 1 saturated carbocycles. The Morgan fingerprint density at radius 2 is 2.31 bits per heavy atom. The van der Waals surface area contributed by atoms with Crippen LogP contribution in [0.1, 0.15) is 51.1 Å². The number of hydrogen-bond acceptors (Lipinski definition) is 2. The van der Waals surface area contributed by atoms with Gasteiger partial charge in [-0.05, 0) is 25.7 Å². The summed E-state index contributed by atoms with van der Waals surface area (Å²) in [6, 6.07) is 1.08. The predicted octanol–water partition coefficient (Wildman–Crippen LogP) is 2.65. The SMILES string of the molecule is CCC(CC1CC1)NC(C)c1cnn(C)c1. The summed E-state index contributed by atoms with van der Waals surface area (Å²) >= 11 is 0. The highest BCUT2D eigenvalue weighted by atomic mass is 15.2. The molecule has 1 aliphatic carbocycles. The van der Waals surface area contributed by atoms with E-state index in [1.165, 1.54) is 31.2 Å². The van der Waals surface area contributed by atoms with Gasteiger partial charge in [0.1, 0.15) is 0 Å². The molecule has 3 nitrogen and oxygen atoms in total. The molecular formula is C13H23N3. The van der Waals surface area contributed by atoms with E-state index in [9.17, 15) is 0 Å². The Kier molecular flexibility index (Phi) is 3.64. The molecule has 0 radical (unpaired) electrons. The van der Waals surface area contributed by atoms with Gasteiger partial charge in [-0.1, -0.05) is 19.8 Å². The number of aromatic nitrogens is 2. The van der Waals surface area contributed by atoms with Crippen molar-refractivity contribution < 1.29 is 0 Å². The second kappa shape index (κ2) is 5.00. The van der Waals surface area contributed by atoms with Crippen LogP contribution in [0.5, 0.6) is 0 Å². The minimum Gasteiger partial charge on any atom is -0.307 e. The summed E-state index contributed by atoms with van der Waals surface area (Å²) < 4.78 is 1.87. The van der Waals surface area contributed by atoms with E-state index >= 15 is 0 Å². The first kappa shape index (κ1) is 11.6. The summed E-state index contributed by atoms with van der Waals surface area (Å²) in [7, 11) is 1.97. The molecule has 1 aromatic rings. The van der Waals surface area contributed by atoms with Crippen LogP contribution in [-0.2, 0) is 7.05 Å². The van der Waals surface area contributed by atoms with Crippen LogP contribution in [0.25, 0.3) is 0 Å². The fourth-order valence-electron chi connectivity index (χ4n) is 2.22. The Morgan fingerprint density at radius 3 is 2.81 bits per heavy atom. The van der Waals surface area contributed by atoms with Gasteiger partial charge < -0.3 is 5.32 Å². The van der Waals surface area contributed by atoms with E-state index in [2.05, 4.69) is 30.5 Å². The first-order chi connectivity index (χ1) is 7.69. The van der Waals surface area contributed by atoms with Crippen LogP contribution < -0.4 is 5.32 Å². The van der Waals surface area contributed by atoms with Gasteiger partial charge in [0.25, 0.3) is 0 Å². The van der Waals surface area contributed by atoms with Gasteiger partial charge >= 0.3 is 0 Å². The third kappa shape index (κ3) is 3.08. The molecule has 1 fully saturated rings. The average molecular weight is 221 g/mol. The van der Waals surface area contributed by atoms with Crippen molar-refractivity contribution in [1.82, 2.24) is 15.1 Å². The van der Waals surface area contributed by atoms with Crippen molar-refractivity contribution in [3.05, 3.63) is 18.0 Å². The lowest BCUT2D eigenvalue weighted by Crippen LogP contribution is -2.31. The van der Waals surface area contributed by atoms with Crippen LogP contribution in [-0.4, -0.2) is 15.8 Å². The van der Waals surface area contributed by atoms with E-state index in [4.69, 9.17) is 0 Å². The van der Waals surface area contributed by atoms with Crippen molar-refractivity contribution in [3.63, 3.8) is 0 Å². The standard InChI is InChI=1S/C13H23N3/c1-4-13(7-11-5-6-11)15-10(2)12-8-14-16(3)9-12/h8-11,13,15H,4-7H2,1-3H3. The van der Waals surface area contributed by atoms with Gasteiger partial charge in [0.05, 0.1) is 6.20 Å². The molecule has 90 valence electrons. The first-order valence-electron chi connectivity index (χ1n) is 6.43. The molecule has 2 atom stereocenters. The minimum atomic E-state index is 0.414. The van der Waals surface area contributed by atoms with E-state index in [1.807, 2.05) is 17.9 Å². The highest BCUT2D eigenvalue weighted by molar-refractivity contribution is 5.09. The third-order valence-electron chi connectivity index (χ3n) is 3.52. The van der Waals surface area contributed by atoms with Crippen LogP contribution in [0.2, 0.25) is 0 Å². The van der Waals surface area contributed by atoms with E-state index in [1.54, 1.807) is 0 Å². The van der Waals surface area contributed by atoms with Crippen molar-refractivity contribution in [2.24, 2.45) is 13.0 Å². The molecule has 1 aromatic heterocycles. The smallest absolute Gasteiger partial charge is 0.0537 e. The molecule has 16 heavy (non-hydrogen) atoms. The summed E-state index contributed by atoms with van der Waals surface area (Å²) in [6.45, 7) is 4.50. The van der Waals surface area contributed by atoms with Gasteiger partial charge in [0.15, 0.2) is 0 Å². The van der Waals surface area contributed by atoms with Gasteiger partial charge in [0.2, 0.25) is 0 Å². The highest BCUT2D eigenvalue weighted by Gasteiger charge is 2.25. The van der Waals surface area contributed by atoms with Crippen molar-refractivity contribution in [2.75, 3.05) is 0 Å². The molecule has 2 unspecified atom stereocenters. The van der Waals surface area contributed by atoms with Crippen molar-refractivity contribution in [1.29, 1.82) is 0 Å². The number of aryl methyl sites for hydroxylation is 1. The first-order valence-corrected chi connectivity index (χ1v) is 6.43. The molecule has 0 bridgehead atoms. The van der Waals surface area contributed by atoms with Gasteiger partial charge in [-0.15, -0.1) is 0 Å². The molecule has 2 rings (SSSR count). The minimum absolute atomic E-state index is 0.414. The maximum atomic E-state index is 4.22. The molecular weight excluding hydrogens is 198 g/mol. The lowest BCUT2D eigenvalue weighted by molar-refractivity contribution is 0.404. The largest absolute Gasteiger partial charge is 0.307 e. The van der Waals surface area contributed by atoms with Crippen LogP contribution in [0.4, 0.5) is 0 Å². The van der Waals surface area contributed by atoms with E-state index in [0.29, 0.717) is 12.1 Å². The Hall–Kier alpha value is -0.830. The van der Waals surface area contributed by atoms with E-state index in [-0.39, 0.29) is 0 Å². The number of rotatable bonds is 6. The third-order valence-corrected chi connectivity index (χ3v) is 3.52. The van der Waals surface area contributed by atoms with Crippen molar-refractivity contribution in [3.8, 4) is 0 Å². The number of nitrogens with one attached hydrogen (secondary N) is 1. The summed E-state index contributed by atoms with van der Waals surface area (Å²) in [5, 5.41) is 7.94. The normalized spacial score (nSPS) is 19.7. The topological polar surface area (TPSA) is 29.9 Å². The highest BCUT2D eigenvalue weighted by Crippen LogP contribution is 2.34. The molecule has 0 aliphatic heterocycles. The molecule has 1 aliphatic rings. The summed E-state index contributed by atoms with van der Waals surface area (Å²) in [6.07, 6.45) is 9.52. The predicted molar refractivity (Wildman–Crippen MR) is 66.2 cm³/mol. The van der Waals surface area contributed by atoms with Crippen molar-refractivity contribution >= 4 is 0 Å². The molecule has 0 amide bonds. The Bertz CT molecular complexity index is 328. The lowest BCUT2D eigenvalue weighted by atomic mass is 10.1. The van der Waals surface area contributed by atoms with Crippen LogP contribution in [0, 0.1) is 5.92 Å². The Labute approximate surface area is 98.2 Å². The van der Waals surface area contributed by atoms with Gasteiger partial charge in [-0.2, -0.15) is 5.10 Å². The lowest BCUT2D eigenvalue weighted by Gasteiger charge is -2.21. The molecule has 0 spiro atoms. The summed E-state index contributed by atoms with van der Waals surface area (Å²) in [5.74, 6) is 0.999. The van der Waals surface area contributed by atoms with Crippen LogP contribution in [0.15, 0.2) is 12.4 Å². The fourth-order valence-corrected chi connectivity index (χ4v) is 2.22. The molecule has 0 saturated heterocycles. The second-order valence-corrected chi connectivity index (χ2v) is 5.12. The molecule has 1 heterocycles. The Balaban J connectivity index is 1.86. The van der Waals surface area contributed by atoms with Gasteiger partial charge in [-0.3, -0.25) is 4.68 Å².